The fraction of sp³-hybridized carbons (Fsp3) is 0. The number of carbonyl (C=O) groups excluding carboxylic acids is 1. The molecule has 5 heteroatoms. The maximum atomic E-state index is 10.9. The lowest BCUT2D eigenvalue weighted by molar-refractivity contribution is 0.108. The maximum Gasteiger partial charge on any atom is 0.252 e. The summed E-state index contributed by atoms with van der Waals surface area (Å²) in [5.41, 5.74) is 1.08. The number of hydrogen-bond acceptors (Lipinski definition) is 2. The first kappa shape index (κ1) is 10.7. The molecule has 0 unspecified atom stereocenters. The lowest BCUT2D eigenvalue weighted by atomic mass is 10.1. The number of carbonyl (C=O) groups is 1. The van der Waals surface area contributed by atoms with E-state index < -0.39 is 5.24 Å². The third-order valence-electron chi connectivity index (χ3n) is 1.95. The summed E-state index contributed by atoms with van der Waals surface area (Å²) in [6.45, 7) is 0. The van der Waals surface area contributed by atoms with Crippen molar-refractivity contribution in [3.63, 3.8) is 0 Å². The molecule has 1 heterocycles. The van der Waals surface area contributed by atoms with Crippen LogP contribution in [0.5, 0.6) is 0 Å². The van der Waals surface area contributed by atoms with Crippen molar-refractivity contribution in [2.75, 3.05) is 0 Å². The maximum absolute atomic E-state index is 10.9. The second-order valence-corrected chi connectivity index (χ2v) is 4.05. The van der Waals surface area contributed by atoms with Gasteiger partial charge in [0.05, 0.1) is 10.5 Å². The minimum Gasteiger partial charge on any atom is -0.276 e. The van der Waals surface area contributed by atoms with Crippen molar-refractivity contribution in [1.29, 1.82) is 0 Å². The summed E-state index contributed by atoms with van der Waals surface area (Å²) in [5, 5.41) is 0.816. The predicted octanol–water partition coefficient (Wildman–Crippen LogP) is 3.92. The average Bonchev–Trinajstić information content (AvgIpc) is 2.19. The minimum atomic E-state index is -0.511. The number of halogens is 3. The third-order valence-corrected chi connectivity index (χ3v) is 2.84. The summed E-state index contributed by atoms with van der Waals surface area (Å²) in [6, 6.07) is 6.54. The molecule has 0 radical (unpaired) electrons. The SMILES string of the molecule is O=C(Cl)c1ccc2nc(Cl)c(Cl)cc2c1. The molecule has 2 aromatic rings. The fourth-order valence-corrected chi connectivity index (χ4v) is 1.67. The summed E-state index contributed by atoms with van der Waals surface area (Å²) in [6.07, 6.45) is 0. The van der Waals surface area contributed by atoms with Gasteiger partial charge in [0, 0.05) is 10.9 Å². The van der Waals surface area contributed by atoms with Gasteiger partial charge in [0.1, 0.15) is 5.15 Å². The number of aromatic nitrogens is 1. The highest BCUT2D eigenvalue weighted by molar-refractivity contribution is 6.67. The van der Waals surface area contributed by atoms with Gasteiger partial charge in [0.25, 0.3) is 5.24 Å². The van der Waals surface area contributed by atoms with E-state index in [1.807, 2.05) is 0 Å². The van der Waals surface area contributed by atoms with E-state index in [1.165, 1.54) is 0 Å². The molecule has 0 amide bonds. The molecule has 0 aliphatic rings. The van der Waals surface area contributed by atoms with Crippen LogP contribution in [0.3, 0.4) is 0 Å². The minimum absolute atomic E-state index is 0.245. The molecule has 0 fully saturated rings. The molecule has 0 N–H and O–H groups in total. The third kappa shape index (κ3) is 2.07. The van der Waals surface area contributed by atoms with Crippen LogP contribution < -0.4 is 0 Å². The van der Waals surface area contributed by atoms with Crippen LogP contribution in [0.25, 0.3) is 10.9 Å². The Labute approximate surface area is 101 Å². The van der Waals surface area contributed by atoms with Gasteiger partial charge in [-0.25, -0.2) is 4.98 Å². The van der Waals surface area contributed by atoms with Crippen molar-refractivity contribution in [3.8, 4) is 0 Å². The van der Waals surface area contributed by atoms with Gasteiger partial charge in [0.15, 0.2) is 0 Å². The fourth-order valence-electron chi connectivity index (χ4n) is 1.25. The summed E-state index contributed by atoms with van der Waals surface area (Å²) in [7, 11) is 0. The quantitative estimate of drug-likeness (QED) is 0.574. The summed E-state index contributed by atoms with van der Waals surface area (Å²) in [4.78, 5) is 15.0. The van der Waals surface area contributed by atoms with Crippen molar-refractivity contribution in [2.24, 2.45) is 0 Å². The zero-order valence-corrected chi connectivity index (χ0v) is 9.57. The van der Waals surface area contributed by atoms with Crippen molar-refractivity contribution in [3.05, 3.63) is 40.0 Å². The molecule has 2 rings (SSSR count). The van der Waals surface area contributed by atoms with Crippen LogP contribution >= 0.6 is 34.8 Å². The van der Waals surface area contributed by atoms with E-state index >= 15 is 0 Å². The topological polar surface area (TPSA) is 30.0 Å². The van der Waals surface area contributed by atoms with Crippen LogP contribution in [0.4, 0.5) is 0 Å². The van der Waals surface area contributed by atoms with Crippen LogP contribution in [-0.4, -0.2) is 10.2 Å². The molecule has 2 nitrogen and oxygen atoms in total. The summed E-state index contributed by atoms with van der Waals surface area (Å²) in [5.74, 6) is 0. The van der Waals surface area contributed by atoms with Crippen LogP contribution in [0.1, 0.15) is 10.4 Å². The highest BCUT2D eigenvalue weighted by atomic mass is 35.5. The Morgan fingerprint density at radius 1 is 1.20 bits per heavy atom. The molecule has 1 aromatic heterocycles. The Morgan fingerprint density at radius 3 is 2.60 bits per heavy atom. The van der Waals surface area contributed by atoms with Gasteiger partial charge in [0.2, 0.25) is 0 Å². The molecular formula is C10H4Cl3NO. The summed E-state index contributed by atoms with van der Waals surface area (Å²) >= 11 is 16.9. The largest absolute Gasteiger partial charge is 0.276 e. The first-order chi connectivity index (χ1) is 7.08. The standard InChI is InChI=1S/C10H4Cl3NO/c11-7-4-6-3-5(10(13)15)1-2-8(6)14-9(7)12/h1-4H. The molecule has 0 aliphatic carbocycles. The number of hydrogen-bond donors (Lipinski definition) is 0. The molecule has 0 bridgehead atoms. The van der Waals surface area contributed by atoms with Gasteiger partial charge in [-0.15, -0.1) is 0 Å². The van der Waals surface area contributed by atoms with E-state index in [-0.39, 0.29) is 5.15 Å². The van der Waals surface area contributed by atoms with E-state index in [9.17, 15) is 4.79 Å². The molecule has 0 saturated carbocycles. The number of pyridine rings is 1. The normalized spacial score (nSPS) is 10.6. The number of fused-ring (bicyclic) bond motifs is 1. The molecule has 0 spiro atoms. The molecule has 1 aromatic carbocycles. The second kappa shape index (κ2) is 3.97. The Bertz CT molecular complexity index is 554. The molecule has 0 atom stereocenters. The molecular weight excluding hydrogens is 256 g/mol. The van der Waals surface area contributed by atoms with E-state index in [2.05, 4.69) is 4.98 Å². The zero-order chi connectivity index (χ0) is 11.0. The van der Waals surface area contributed by atoms with Crippen molar-refractivity contribution in [2.45, 2.75) is 0 Å². The average molecular weight is 261 g/mol. The van der Waals surface area contributed by atoms with Gasteiger partial charge in [-0.3, -0.25) is 4.79 Å². The Kier molecular flexibility index (Phi) is 2.83. The van der Waals surface area contributed by atoms with Gasteiger partial charge < -0.3 is 0 Å². The van der Waals surface area contributed by atoms with Crippen molar-refractivity contribution >= 4 is 50.9 Å². The smallest absolute Gasteiger partial charge is 0.252 e. The van der Waals surface area contributed by atoms with Crippen LogP contribution in [0.2, 0.25) is 10.2 Å². The van der Waals surface area contributed by atoms with E-state index in [0.29, 0.717) is 16.1 Å². The van der Waals surface area contributed by atoms with E-state index in [4.69, 9.17) is 34.8 Å². The van der Waals surface area contributed by atoms with Crippen molar-refractivity contribution in [1.82, 2.24) is 4.98 Å². The lowest BCUT2D eigenvalue weighted by Crippen LogP contribution is -1.89. The molecule has 0 aliphatic heterocycles. The Morgan fingerprint density at radius 2 is 1.93 bits per heavy atom. The van der Waals surface area contributed by atoms with Crippen LogP contribution in [0.15, 0.2) is 24.3 Å². The number of rotatable bonds is 1. The van der Waals surface area contributed by atoms with Crippen LogP contribution in [0, 0.1) is 0 Å². The number of benzene rings is 1. The van der Waals surface area contributed by atoms with E-state index in [0.717, 1.165) is 5.39 Å². The van der Waals surface area contributed by atoms with Gasteiger partial charge in [-0.2, -0.15) is 0 Å². The molecule has 76 valence electrons. The Balaban J connectivity index is 2.72. The highest BCUT2D eigenvalue weighted by Crippen LogP contribution is 2.25. The molecule has 15 heavy (non-hydrogen) atoms. The van der Waals surface area contributed by atoms with Gasteiger partial charge >= 0.3 is 0 Å². The zero-order valence-electron chi connectivity index (χ0n) is 7.30. The van der Waals surface area contributed by atoms with Crippen LogP contribution in [-0.2, 0) is 0 Å². The monoisotopic (exact) mass is 259 g/mol. The van der Waals surface area contributed by atoms with Gasteiger partial charge in [-0.05, 0) is 35.9 Å². The first-order valence-corrected chi connectivity index (χ1v) is 5.17. The first-order valence-electron chi connectivity index (χ1n) is 4.03. The highest BCUT2D eigenvalue weighted by Gasteiger charge is 2.06. The van der Waals surface area contributed by atoms with E-state index in [1.54, 1.807) is 24.3 Å². The molecule has 0 saturated heterocycles. The predicted molar refractivity (Wildman–Crippen MR) is 61.9 cm³/mol. The number of nitrogens with zero attached hydrogens (tertiary/aromatic N) is 1. The lowest BCUT2D eigenvalue weighted by Gasteiger charge is -2.01. The summed E-state index contributed by atoms with van der Waals surface area (Å²) < 4.78 is 0. The van der Waals surface area contributed by atoms with Crippen molar-refractivity contribution < 1.29 is 4.79 Å². The Hall–Kier alpha value is -0.830. The van der Waals surface area contributed by atoms with Gasteiger partial charge in [-0.1, -0.05) is 23.2 Å². The second-order valence-electron chi connectivity index (χ2n) is 2.94.